The standard InChI is InChI=1S/C13H21N3O3S/c1-2-3-9-20(17,18)16-8-4-5-12(11-16)19-13-10-14-6-7-15-13/h6-7,10,12H,2-5,8-9,11H2,1H3. The average Bonchev–Trinajstić information content (AvgIpc) is 2.47. The molecule has 0 N–H and O–H groups in total. The molecule has 1 saturated heterocycles. The van der Waals surface area contributed by atoms with Crippen LogP contribution in [-0.4, -0.2) is 47.6 Å². The predicted molar refractivity (Wildman–Crippen MR) is 75.9 cm³/mol. The van der Waals surface area contributed by atoms with E-state index >= 15 is 0 Å². The van der Waals surface area contributed by atoms with E-state index in [0.29, 0.717) is 25.4 Å². The molecule has 0 saturated carbocycles. The third-order valence-electron chi connectivity index (χ3n) is 3.32. The Morgan fingerprint density at radius 1 is 1.45 bits per heavy atom. The summed E-state index contributed by atoms with van der Waals surface area (Å²) in [5, 5.41) is 0. The molecule has 6 nitrogen and oxygen atoms in total. The molecule has 2 heterocycles. The Labute approximate surface area is 120 Å². The van der Waals surface area contributed by atoms with Gasteiger partial charge in [0.15, 0.2) is 0 Å². The summed E-state index contributed by atoms with van der Waals surface area (Å²) in [6.07, 6.45) is 7.79. The summed E-state index contributed by atoms with van der Waals surface area (Å²) < 4.78 is 31.6. The minimum absolute atomic E-state index is 0.142. The Bertz CT molecular complexity index is 507. The Hall–Kier alpha value is -1.21. The Balaban J connectivity index is 1.95. The highest BCUT2D eigenvalue weighted by atomic mass is 32.2. The topological polar surface area (TPSA) is 72.4 Å². The van der Waals surface area contributed by atoms with Gasteiger partial charge in [0.25, 0.3) is 0 Å². The molecule has 0 bridgehead atoms. The largest absolute Gasteiger partial charge is 0.472 e. The highest BCUT2D eigenvalue weighted by Crippen LogP contribution is 2.19. The molecule has 1 aliphatic rings. The molecule has 0 spiro atoms. The van der Waals surface area contributed by atoms with Crippen molar-refractivity contribution in [3.8, 4) is 5.88 Å². The average molecular weight is 299 g/mol. The van der Waals surface area contributed by atoms with Crippen LogP contribution in [0.3, 0.4) is 0 Å². The van der Waals surface area contributed by atoms with E-state index < -0.39 is 10.0 Å². The van der Waals surface area contributed by atoms with E-state index in [1.54, 1.807) is 22.9 Å². The van der Waals surface area contributed by atoms with Crippen molar-refractivity contribution in [1.82, 2.24) is 14.3 Å². The Morgan fingerprint density at radius 3 is 3.00 bits per heavy atom. The maximum atomic E-state index is 12.2. The van der Waals surface area contributed by atoms with Gasteiger partial charge in [-0.2, -0.15) is 4.31 Å². The van der Waals surface area contributed by atoms with Crippen LogP contribution in [0.1, 0.15) is 32.6 Å². The minimum atomic E-state index is -3.15. The zero-order chi connectivity index (χ0) is 14.4. The van der Waals surface area contributed by atoms with Crippen molar-refractivity contribution in [1.29, 1.82) is 0 Å². The molecule has 1 atom stereocenters. The summed E-state index contributed by atoms with van der Waals surface area (Å²) >= 11 is 0. The summed E-state index contributed by atoms with van der Waals surface area (Å²) in [4.78, 5) is 8.00. The normalized spacial score (nSPS) is 20.8. The van der Waals surface area contributed by atoms with Crippen molar-refractivity contribution < 1.29 is 13.2 Å². The summed E-state index contributed by atoms with van der Waals surface area (Å²) in [7, 11) is -3.15. The van der Waals surface area contributed by atoms with Crippen molar-refractivity contribution in [2.45, 2.75) is 38.7 Å². The number of aromatic nitrogens is 2. The number of unbranched alkanes of at least 4 members (excludes halogenated alkanes) is 1. The fraction of sp³-hybridized carbons (Fsp3) is 0.692. The lowest BCUT2D eigenvalue weighted by Crippen LogP contribution is -2.45. The third-order valence-corrected chi connectivity index (χ3v) is 5.24. The van der Waals surface area contributed by atoms with Crippen molar-refractivity contribution in [3.63, 3.8) is 0 Å². The van der Waals surface area contributed by atoms with E-state index in [2.05, 4.69) is 9.97 Å². The molecule has 112 valence electrons. The minimum Gasteiger partial charge on any atom is -0.472 e. The van der Waals surface area contributed by atoms with Crippen molar-refractivity contribution in [2.24, 2.45) is 0 Å². The number of ether oxygens (including phenoxy) is 1. The van der Waals surface area contributed by atoms with Crippen LogP contribution in [0.5, 0.6) is 5.88 Å². The van der Waals surface area contributed by atoms with Crippen LogP contribution in [0.25, 0.3) is 0 Å². The first-order valence-electron chi connectivity index (χ1n) is 7.02. The van der Waals surface area contributed by atoms with Gasteiger partial charge >= 0.3 is 0 Å². The Kier molecular flexibility index (Phi) is 5.31. The SMILES string of the molecule is CCCCS(=O)(=O)N1CCCC(Oc2cnccn2)C1. The number of rotatable bonds is 6. The fourth-order valence-electron chi connectivity index (χ4n) is 2.23. The molecule has 7 heteroatoms. The molecule has 0 aromatic carbocycles. The van der Waals surface area contributed by atoms with E-state index in [0.717, 1.165) is 19.3 Å². The smallest absolute Gasteiger partial charge is 0.232 e. The van der Waals surface area contributed by atoms with Crippen molar-refractivity contribution in [2.75, 3.05) is 18.8 Å². The molecule has 0 radical (unpaired) electrons. The number of nitrogens with zero attached hydrogens (tertiary/aromatic N) is 3. The van der Waals surface area contributed by atoms with E-state index in [4.69, 9.17) is 4.74 Å². The summed E-state index contributed by atoms with van der Waals surface area (Å²) in [6.45, 7) is 2.99. The van der Waals surface area contributed by atoms with Gasteiger partial charge in [0, 0.05) is 18.9 Å². The van der Waals surface area contributed by atoms with Crippen molar-refractivity contribution in [3.05, 3.63) is 18.6 Å². The quantitative estimate of drug-likeness (QED) is 0.795. The zero-order valence-corrected chi connectivity index (χ0v) is 12.6. The second kappa shape index (κ2) is 6.99. The molecule has 1 aliphatic heterocycles. The summed E-state index contributed by atoms with van der Waals surface area (Å²) in [6, 6.07) is 0. The number of sulfonamides is 1. The highest BCUT2D eigenvalue weighted by Gasteiger charge is 2.29. The molecule has 0 aliphatic carbocycles. The van der Waals surface area contributed by atoms with E-state index in [1.165, 1.54) is 0 Å². The lowest BCUT2D eigenvalue weighted by molar-refractivity contribution is 0.124. The van der Waals surface area contributed by atoms with Crippen LogP contribution >= 0.6 is 0 Å². The molecule has 0 amide bonds. The van der Waals surface area contributed by atoms with Crippen LogP contribution in [0, 0.1) is 0 Å². The first-order valence-corrected chi connectivity index (χ1v) is 8.63. The van der Waals surface area contributed by atoms with Gasteiger partial charge in [-0.25, -0.2) is 13.4 Å². The molecule has 2 rings (SSSR count). The second-order valence-corrected chi connectivity index (χ2v) is 7.04. The molecule has 1 fully saturated rings. The zero-order valence-electron chi connectivity index (χ0n) is 11.7. The van der Waals surface area contributed by atoms with Crippen LogP contribution in [-0.2, 0) is 10.0 Å². The van der Waals surface area contributed by atoms with Crippen LogP contribution < -0.4 is 4.74 Å². The molecular weight excluding hydrogens is 278 g/mol. The van der Waals surface area contributed by atoms with Crippen LogP contribution in [0.15, 0.2) is 18.6 Å². The first kappa shape index (κ1) is 15.2. The summed E-state index contributed by atoms with van der Waals surface area (Å²) in [5.74, 6) is 0.673. The lowest BCUT2D eigenvalue weighted by atomic mass is 10.1. The first-order chi connectivity index (χ1) is 9.62. The fourth-order valence-corrected chi connectivity index (χ4v) is 3.94. The molecule has 20 heavy (non-hydrogen) atoms. The monoisotopic (exact) mass is 299 g/mol. The van der Waals surface area contributed by atoms with Crippen molar-refractivity contribution >= 4 is 10.0 Å². The molecule has 1 aromatic rings. The lowest BCUT2D eigenvalue weighted by Gasteiger charge is -2.31. The number of piperidine rings is 1. The van der Waals surface area contributed by atoms with E-state index in [9.17, 15) is 8.42 Å². The third kappa shape index (κ3) is 4.14. The van der Waals surface area contributed by atoms with Crippen LogP contribution in [0.4, 0.5) is 0 Å². The predicted octanol–water partition coefficient (Wildman–Crippen LogP) is 1.45. The van der Waals surface area contributed by atoms with Gasteiger partial charge in [0.05, 0.1) is 18.5 Å². The van der Waals surface area contributed by atoms with Gasteiger partial charge in [-0.05, 0) is 19.3 Å². The maximum absolute atomic E-state index is 12.2. The second-order valence-electron chi connectivity index (χ2n) is 4.95. The van der Waals surface area contributed by atoms with Crippen LogP contribution in [0.2, 0.25) is 0 Å². The van der Waals surface area contributed by atoms with Gasteiger partial charge in [-0.3, -0.25) is 4.98 Å². The van der Waals surface area contributed by atoms with Gasteiger partial charge in [-0.1, -0.05) is 13.3 Å². The maximum Gasteiger partial charge on any atom is 0.232 e. The number of hydrogen-bond acceptors (Lipinski definition) is 5. The Morgan fingerprint density at radius 2 is 2.30 bits per heavy atom. The van der Waals surface area contributed by atoms with Gasteiger partial charge in [-0.15, -0.1) is 0 Å². The highest BCUT2D eigenvalue weighted by molar-refractivity contribution is 7.89. The molecule has 1 aromatic heterocycles. The van der Waals surface area contributed by atoms with Gasteiger partial charge in [0.2, 0.25) is 15.9 Å². The molecule has 1 unspecified atom stereocenters. The molecular formula is C13H21N3O3S. The van der Waals surface area contributed by atoms with Gasteiger partial charge < -0.3 is 4.74 Å². The van der Waals surface area contributed by atoms with E-state index in [1.807, 2.05) is 6.92 Å². The van der Waals surface area contributed by atoms with Gasteiger partial charge in [0.1, 0.15) is 6.10 Å². The van der Waals surface area contributed by atoms with E-state index in [-0.39, 0.29) is 11.9 Å². The number of hydrogen-bond donors (Lipinski definition) is 0. The summed E-state index contributed by atoms with van der Waals surface area (Å²) in [5.41, 5.74) is 0.